The molecule has 2 heterocycles. The molecule has 1 saturated heterocycles. The molecule has 0 bridgehead atoms. The van der Waals surface area contributed by atoms with Crippen LogP contribution in [0.3, 0.4) is 0 Å². The van der Waals surface area contributed by atoms with Gasteiger partial charge in [0.05, 0.1) is 0 Å². The fourth-order valence-corrected chi connectivity index (χ4v) is 2.77. The van der Waals surface area contributed by atoms with E-state index in [2.05, 4.69) is 27.0 Å². The highest BCUT2D eigenvalue weighted by Gasteiger charge is 2.20. The maximum atomic E-state index is 11.8. The summed E-state index contributed by atoms with van der Waals surface area (Å²) in [5.74, 6) is 1.05. The van der Waals surface area contributed by atoms with Crippen molar-refractivity contribution >= 4 is 11.7 Å². The Morgan fingerprint density at radius 1 is 1.00 bits per heavy atom. The highest BCUT2D eigenvalue weighted by atomic mass is 16.1. The first kappa shape index (κ1) is 11.6. The number of aromatic nitrogens is 2. The Hall–Kier alpha value is -2.23. The maximum Gasteiger partial charge on any atom is 0.225 e. The minimum Gasteiger partial charge on any atom is -0.341 e. The topological polar surface area (TPSA) is 46.1 Å². The Bertz CT molecular complexity index is 675. The van der Waals surface area contributed by atoms with Crippen molar-refractivity contribution in [2.75, 3.05) is 18.0 Å². The minimum absolute atomic E-state index is 0.250. The van der Waals surface area contributed by atoms with Crippen LogP contribution in [-0.2, 0) is 6.42 Å². The van der Waals surface area contributed by atoms with E-state index in [4.69, 9.17) is 0 Å². The fourth-order valence-electron chi connectivity index (χ4n) is 2.77. The third-order valence-electron chi connectivity index (χ3n) is 4.14. The van der Waals surface area contributed by atoms with Gasteiger partial charge in [-0.25, -0.2) is 9.97 Å². The van der Waals surface area contributed by atoms with E-state index in [1.807, 2.05) is 18.5 Å². The highest BCUT2D eigenvalue weighted by Crippen LogP contribution is 2.28. The van der Waals surface area contributed by atoms with Gasteiger partial charge in [0.15, 0.2) is 5.78 Å². The number of ketones is 1. The van der Waals surface area contributed by atoms with Crippen molar-refractivity contribution in [1.82, 2.24) is 9.97 Å². The first-order valence-corrected chi connectivity index (χ1v) is 7.05. The lowest BCUT2D eigenvalue weighted by Gasteiger charge is -2.30. The van der Waals surface area contributed by atoms with E-state index in [0.29, 0.717) is 6.42 Å². The number of benzene rings is 1. The van der Waals surface area contributed by atoms with Gasteiger partial charge in [0, 0.05) is 43.0 Å². The van der Waals surface area contributed by atoms with Gasteiger partial charge in [-0.1, -0.05) is 12.1 Å². The first-order chi connectivity index (χ1) is 9.81. The number of hydrogen-bond acceptors (Lipinski definition) is 4. The van der Waals surface area contributed by atoms with Crippen LogP contribution < -0.4 is 4.90 Å². The third-order valence-corrected chi connectivity index (χ3v) is 4.14. The summed E-state index contributed by atoms with van der Waals surface area (Å²) in [4.78, 5) is 22.8. The van der Waals surface area contributed by atoms with Gasteiger partial charge in [0.25, 0.3) is 0 Å². The molecule has 2 aliphatic rings. The van der Waals surface area contributed by atoms with Crippen LogP contribution in [-0.4, -0.2) is 28.8 Å². The number of fused-ring (bicyclic) bond motifs is 1. The second-order valence-corrected chi connectivity index (χ2v) is 5.41. The van der Waals surface area contributed by atoms with Crippen molar-refractivity contribution < 1.29 is 4.79 Å². The van der Waals surface area contributed by atoms with Crippen molar-refractivity contribution in [3.8, 4) is 11.1 Å². The normalized spacial score (nSPS) is 17.0. The summed E-state index contributed by atoms with van der Waals surface area (Å²) in [6.45, 7) is 2.10. The van der Waals surface area contributed by atoms with Crippen molar-refractivity contribution in [3.63, 3.8) is 0 Å². The zero-order valence-corrected chi connectivity index (χ0v) is 11.2. The zero-order chi connectivity index (χ0) is 13.5. The molecule has 1 aliphatic carbocycles. The number of aryl methyl sites for hydroxylation is 1. The molecule has 2 aromatic rings. The Balaban J connectivity index is 1.67. The van der Waals surface area contributed by atoms with Crippen molar-refractivity contribution in [1.29, 1.82) is 0 Å². The van der Waals surface area contributed by atoms with Gasteiger partial charge in [-0.05, 0) is 30.0 Å². The van der Waals surface area contributed by atoms with Crippen LogP contribution in [0.2, 0.25) is 0 Å². The van der Waals surface area contributed by atoms with E-state index >= 15 is 0 Å². The van der Waals surface area contributed by atoms with Gasteiger partial charge >= 0.3 is 0 Å². The molecule has 4 nitrogen and oxygen atoms in total. The molecule has 0 N–H and O–H groups in total. The van der Waals surface area contributed by atoms with E-state index in [1.54, 1.807) is 0 Å². The summed E-state index contributed by atoms with van der Waals surface area (Å²) < 4.78 is 0. The van der Waals surface area contributed by atoms with Crippen LogP contribution in [0, 0.1) is 0 Å². The van der Waals surface area contributed by atoms with Crippen molar-refractivity contribution in [2.45, 2.75) is 19.3 Å². The van der Waals surface area contributed by atoms with Crippen LogP contribution in [0.1, 0.15) is 28.8 Å². The molecule has 0 unspecified atom stereocenters. The van der Waals surface area contributed by atoms with E-state index in [0.717, 1.165) is 47.7 Å². The molecule has 0 spiro atoms. The molecule has 0 amide bonds. The number of carbonyl (C=O) groups excluding carboxylic acids is 1. The Labute approximate surface area is 117 Å². The van der Waals surface area contributed by atoms with Crippen LogP contribution in [0.25, 0.3) is 11.1 Å². The second kappa shape index (κ2) is 4.40. The number of Topliss-reactive ketones (excluding diaryl/α,β-unsaturated/α-hetero) is 1. The van der Waals surface area contributed by atoms with Gasteiger partial charge < -0.3 is 4.90 Å². The molecule has 1 fully saturated rings. The lowest BCUT2D eigenvalue weighted by atomic mass is 10.0. The molecular formula is C16H15N3O. The second-order valence-electron chi connectivity index (χ2n) is 5.41. The van der Waals surface area contributed by atoms with Gasteiger partial charge in [-0.3, -0.25) is 4.79 Å². The Kier molecular flexibility index (Phi) is 2.55. The van der Waals surface area contributed by atoms with Gasteiger partial charge in [-0.15, -0.1) is 0 Å². The zero-order valence-electron chi connectivity index (χ0n) is 11.2. The lowest BCUT2D eigenvalue weighted by Crippen LogP contribution is -2.38. The molecule has 0 saturated carbocycles. The molecule has 1 aromatic heterocycles. The SMILES string of the molecule is O=C1CCc2ccc(-c3cnc(N4CCC4)nc3)cc21. The minimum atomic E-state index is 0.250. The number of nitrogens with zero attached hydrogens (tertiary/aromatic N) is 3. The van der Waals surface area contributed by atoms with E-state index < -0.39 is 0 Å². The molecular weight excluding hydrogens is 250 g/mol. The van der Waals surface area contributed by atoms with Crippen LogP contribution in [0.5, 0.6) is 0 Å². The lowest BCUT2D eigenvalue weighted by molar-refractivity contribution is 0.0994. The number of carbonyl (C=O) groups is 1. The van der Waals surface area contributed by atoms with E-state index in [9.17, 15) is 4.79 Å². The summed E-state index contributed by atoms with van der Waals surface area (Å²) in [6.07, 6.45) is 6.43. The molecule has 20 heavy (non-hydrogen) atoms. The number of rotatable bonds is 2. The monoisotopic (exact) mass is 265 g/mol. The quantitative estimate of drug-likeness (QED) is 0.837. The standard InChI is InChI=1S/C16H15N3O/c20-15-5-4-11-2-3-12(8-14(11)15)13-9-17-16(18-10-13)19-6-1-7-19/h2-3,8-10H,1,4-7H2. The summed E-state index contributed by atoms with van der Waals surface area (Å²) >= 11 is 0. The molecule has 100 valence electrons. The summed E-state index contributed by atoms with van der Waals surface area (Å²) in [6, 6.07) is 6.09. The maximum absolute atomic E-state index is 11.8. The van der Waals surface area contributed by atoms with E-state index in [-0.39, 0.29) is 5.78 Å². The van der Waals surface area contributed by atoms with Crippen molar-refractivity contribution in [2.24, 2.45) is 0 Å². The fraction of sp³-hybridized carbons (Fsp3) is 0.312. The Morgan fingerprint density at radius 2 is 1.80 bits per heavy atom. The molecule has 4 heteroatoms. The van der Waals surface area contributed by atoms with Crippen LogP contribution in [0.4, 0.5) is 5.95 Å². The molecule has 1 aliphatic heterocycles. The predicted octanol–water partition coefficient (Wildman–Crippen LogP) is 2.48. The molecule has 4 rings (SSSR count). The molecule has 0 radical (unpaired) electrons. The summed E-state index contributed by atoms with van der Waals surface area (Å²) in [5.41, 5.74) is 4.03. The smallest absolute Gasteiger partial charge is 0.225 e. The number of anilines is 1. The largest absolute Gasteiger partial charge is 0.341 e. The molecule has 1 aromatic carbocycles. The van der Waals surface area contributed by atoms with E-state index in [1.165, 1.54) is 6.42 Å². The average molecular weight is 265 g/mol. The third kappa shape index (κ3) is 1.80. The van der Waals surface area contributed by atoms with Crippen LogP contribution >= 0.6 is 0 Å². The van der Waals surface area contributed by atoms with Gasteiger partial charge in [0.1, 0.15) is 0 Å². The Morgan fingerprint density at radius 3 is 2.50 bits per heavy atom. The average Bonchev–Trinajstić information content (AvgIpc) is 2.79. The van der Waals surface area contributed by atoms with Gasteiger partial charge in [-0.2, -0.15) is 0 Å². The number of hydrogen-bond donors (Lipinski definition) is 0. The molecule has 0 atom stereocenters. The summed E-state index contributed by atoms with van der Waals surface area (Å²) in [7, 11) is 0. The summed E-state index contributed by atoms with van der Waals surface area (Å²) in [5, 5.41) is 0. The van der Waals surface area contributed by atoms with Gasteiger partial charge in [0.2, 0.25) is 5.95 Å². The predicted molar refractivity (Wildman–Crippen MR) is 76.9 cm³/mol. The van der Waals surface area contributed by atoms with Crippen molar-refractivity contribution in [3.05, 3.63) is 41.7 Å². The van der Waals surface area contributed by atoms with Crippen LogP contribution in [0.15, 0.2) is 30.6 Å². The highest BCUT2D eigenvalue weighted by molar-refractivity contribution is 6.01. The first-order valence-electron chi connectivity index (χ1n) is 7.05.